The summed E-state index contributed by atoms with van der Waals surface area (Å²) in [7, 11) is 0. The molecular weight excluding hydrogens is 293 g/mol. The molecule has 0 saturated heterocycles. The molecule has 5 heteroatoms. The minimum atomic E-state index is -0.0823. The van der Waals surface area contributed by atoms with E-state index in [4.69, 9.17) is 28.5 Å². The predicted octanol–water partition coefficient (Wildman–Crippen LogP) is 4.74. The number of hydrogen-bond donors (Lipinski definition) is 1. The molecule has 0 aliphatic rings. The van der Waals surface area contributed by atoms with Gasteiger partial charge in [-0.3, -0.25) is 0 Å². The Hall–Kier alpha value is -1.76. The molecule has 1 unspecified atom stereocenters. The molecule has 1 aromatic carbocycles. The van der Waals surface area contributed by atoms with Gasteiger partial charge in [0.2, 0.25) is 0 Å². The largest absolute Gasteiger partial charge is 0.362 e. The number of anilines is 1. The minimum absolute atomic E-state index is 0.0823. The molecule has 1 atom stereocenters. The maximum atomic E-state index is 9.11. The third-order valence-corrected chi connectivity index (χ3v) is 3.50. The van der Waals surface area contributed by atoms with Crippen LogP contribution < -0.4 is 5.32 Å². The Morgan fingerprint density at radius 2 is 2.00 bits per heavy atom. The van der Waals surface area contributed by atoms with Crippen molar-refractivity contribution in [2.24, 2.45) is 0 Å². The van der Waals surface area contributed by atoms with E-state index >= 15 is 0 Å². The molecule has 0 spiro atoms. The SMILES string of the molecule is Cc1ccc(C#N)c(NC(C)c2ccc(Cl)cc2Cl)n1. The second-order valence-electron chi connectivity index (χ2n) is 4.49. The van der Waals surface area contributed by atoms with Crippen LogP contribution in [0.1, 0.15) is 29.8 Å². The van der Waals surface area contributed by atoms with Gasteiger partial charge in [0.15, 0.2) is 0 Å². The van der Waals surface area contributed by atoms with E-state index in [1.807, 2.05) is 26.0 Å². The zero-order valence-electron chi connectivity index (χ0n) is 11.1. The highest BCUT2D eigenvalue weighted by Crippen LogP contribution is 2.28. The van der Waals surface area contributed by atoms with E-state index in [1.165, 1.54) is 0 Å². The van der Waals surface area contributed by atoms with Crippen molar-refractivity contribution in [3.8, 4) is 6.07 Å². The zero-order chi connectivity index (χ0) is 14.7. The van der Waals surface area contributed by atoms with Gasteiger partial charge in [-0.05, 0) is 43.7 Å². The van der Waals surface area contributed by atoms with E-state index in [1.54, 1.807) is 18.2 Å². The summed E-state index contributed by atoms with van der Waals surface area (Å²) in [6.07, 6.45) is 0. The fourth-order valence-corrected chi connectivity index (χ4v) is 2.46. The van der Waals surface area contributed by atoms with Crippen molar-refractivity contribution in [1.29, 1.82) is 5.26 Å². The predicted molar refractivity (Wildman–Crippen MR) is 82.2 cm³/mol. The van der Waals surface area contributed by atoms with Crippen LogP contribution in [0, 0.1) is 18.3 Å². The topological polar surface area (TPSA) is 48.7 Å². The third kappa shape index (κ3) is 3.22. The number of benzene rings is 1. The quantitative estimate of drug-likeness (QED) is 0.891. The van der Waals surface area contributed by atoms with Crippen molar-refractivity contribution in [1.82, 2.24) is 4.98 Å². The van der Waals surface area contributed by atoms with Crippen LogP contribution in [0.15, 0.2) is 30.3 Å². The summed E-state index contributed by atoms with van der Waals surface area (Å²) in [6, 6.07) is 11.0. The fraction of sp³-hybridized carbons (Fsp3) is 0.200. The molecule has 0 saturated carbocycles. The normalized spacial score (nSPS) is 11.8. The summed E-state index contributed by atoms with van der Waals surface area (Å²) in [5.74, 6) is 0.561. The van der Waals surface area contributed by atoms with Crippen LogP contribution in [0.25, 0.3) is 0 Å². The van der Waals surface area contributed by atoms with Crippen molar-refractivity contribution in [3.05, 3.63) is 57.2 Å². The number of nitrogens with zero attached hydrogens (tertiary/aromatic N) is 2. The number of rotatable bonds is 3. The van der Waals surface area contributed by atoms with E-state index in [0.29, 0.717) is 21.4 Å². The summed E-state index contributed by atoms with van der Waals surface area (Å²) in [5.41, 5.74) is 2.26. The van der Waals surface area contributed by atoms with Crippen LogP contribution in [-0.2, 0) is 0 Å². The monoisotopic (exact) mass is 305 g/mol. The molecule has 0 bridgehead atoms. The van der Waals surface area contributed by atoms with Gasteiger partial charge in [0.1, 0.15) is 11.9 Å². The lowest BCUT2D eigenvalue weighted by molar-refractivity contribution is 0.871. The van der Waals surface area contributed by atoms with Gasteiger partial charge in [0, 0.05) is 15.7 Å². The second kappa shape index (κ2) is 6.13. The standard InChI is InChI=1S/C15H13Cl2N3/c1-9-3-4-11(8-18)15(19-9)20-10(2)13-6-5-12(16)7-14(13)17/h3-7,10H,1-2H3,(H,19,20). The average molecular weight is 306 g/mol. The molecule has 0 aliphatic carbocycles. The summed E-state index contributed by atoms with van der Waals surface area (Å²) in [4.78, 5) is 4.35. The van der Waals surface area contributed by atoms with Gasteiger partial charge in [-0.2, -0.15) is 5.26 Å². The molecular formula is C15H13Cl2N3. The molecule has 0 fully saturated rings. The Kier molecular flexibility index (Phi) is 4.49. The van der Waals surface area contributed by atoms with Gasteiger partial charge in [-0.25, -0.2) is 4.98 Å². The summed E-state index contributed by atoms with van der Waals surface area (Å²) in [6.45, 7) is 3.84. The van der Waals surface area contributed by atoms with Gasteiger partial charge in [-0.1, -0.05) is 29.3 Å². The van der Waals surface area contributed by atoms with Crippen molar-refractivity contribution < 1.29 is 0 Å². The Labute approximate surface area is 128 Å². The van der Waals surface area contributed by atoms with Gasteiger partial charge in [0.25, 0.3) is 0 Å². The average Bonchev–Trinajstić information content (AvgIpc) is 2.38. The lowest BCUT2D eigenvalue weighted by Crippen LogP contribution is -2.10. The van der Waals surface area contributed by atoms with Crippen LogP contribution in [0.2, 0.25) is 10.0 Å². The molecule has 0 radical (unpaired) electrons. The van der Waals surface area contributed by atoms with Crippen LogP contribution in [0.4, 0.5) is 5.82 Å². The van der Waals surface area contributed by atoms with Crippen LogP contribution in [-0.4, -0.2) is 4.98 Å². The molecule has 1 heterocycles. The Morgan fingerprint density at radius 1 is 1.25 bits per heavy atom. The first-order chi connectivity index (χ1) is 9.51. The van der Waals surface area contributed by atoms with E-state index < -0.39 is 0 Å². The Bertz CT molecular complexity index is 677. The minimum Gasteiger partial charge on any atom is -0.362 e. The highest BCUT2D eigenvalue weighted by molar-refractivity contribution is 6.35. The molecule has 102 valence electrons. The molecule has 0 aliphatic heterocycles. The fourth-order valence-electron chi connectivity index (χ4n) is 1.89. The molecule has 1 aromatic heterocycles. The number of halogens is 2. The third-order valence-electron chi connectivity index (χ3n) is 2.94. The summed E-state index contributed by atoms with van der Waals surface area (Å²) < 4.78 is 0. The van der Waals surface area contributed by atoms with E-state index in [9.17, 15) is 0 Å². The van der Waals surface area contributed by atoms with Crippen LogP contribution >= 0.6 is 23.2 Å². The Morgan fingerprint density at radius 3 is 2.65 bits per heavy atom. The lowest BCUT2D eigenvalue weighted by Gasteiger charge is -2.17. The zero-order valence-corrected chi connectivity index (χ0v) is 12.6. The van der Waals surface area contributed by atoms with Crippen LogP contribution in [0.5, 0.6) is 0 Å². The molecule has 3 nitrogen and oxygen atoms in total. The van der Waals surface area contributed by atoms with Gasteiger partial charge in [-0.15, -0.1) is 0 Å². The van der Waals surface area contributed by atoms with Crippen LogP contribution in [0.3, 0.4) is 0 Å². The number of aromatic nitrogens is 1. The highest BCUT2D eigenvalue weighted by Gasteiger charge is 2.13. The maximum Gasteiger partial charge on any atom is 0.144 e. The molecule has 0 amide bonds. The molecule has 1 N–H and O–H groups in total. The van der Waals surface area contributed by atoms with Gasteiger partial charge >= 0.3 is 0 Å². The number of aryl methyl sites for hydroxylation is 1. The van der Waals surface area contributed by atoms with Crippen molar-refractivity contribution in [3.63, 3.8) is 0 Å². The number of hydrogen-bond acceptors (Lipinski definition) is 3. The van der Waals surface area contributed by atoms with Gasteiger partial charge < -0.3 is 5.32 Å². The first kappa shape index (κ1) is 14.6. The number of nitriles is 1. The van der Waals surface area contributed by atoms with E-state index in [2.05, 4.69) is 16.4 Å². The molecule has 2 rings (SSSR count). The van der Waals surface area contributed by atoms with E-state index in [0.717, 1.165) is 11.3 Å². The van der Waals surface area contributed by atoms with E-state index in [-0.39, 0.29) is 6.04 Å². The molecule has 20 heavy (non-hydrogen) atoms. The van der Waals surface area contributed by atoms with Gasteiger partial charge in [0.05, 0.1) is 11.6 Å². The number of pyridine rings is 1. The van der Waals surface area contributed by atoms with Crippen molar-refractivity contribution in [2.75, 3.05) is 5.32 Å². The van der Waals surface area contributed by atoms with Crippen molar-refractivity contribution in [2.45, 2.75) is 19.9 Å². The maximum absolute atomic E-state index is 9.11. The second-order valence-corrected chi connectivity index (χ2v) is 5.34. The van der Waals surface area contributed by atoms with Crippen molar-refractivity contribution >= 4 is 29.0 Å². The molecule has 2 aromatic rings. The highest BCUT2D eigenvalue weighted by atomic mass is 35.5. The smallest absolute Gasteiger partial charge is 0.144 e. The number of nitrogens with one attached hydrogen (secondary N) is 1. The summed E-state index contributed by atoms with van der Waals surface area (Å²) >= 11 is 12.1. The first-order valence-corrected chi connectivity index (χ1v) is 6.86. The summed E-state index contributed by atoms with van der Waals surface area (Å²) in [5, 5.41) is 13.5. The Balaban J connectivity index is 2.30. The first-order valence-electron chi connectivity index (χ1n) is 6.10. The lowest BCUT2D eigenvalue weighted by atomic mass is 10.1.